The van der Waals surface area contributed by atoms with Gasteiger partial charge in [0.2, 0.25) is 0 Å². The normalized spacial score (nSPS) is 10.6. The largest absolute Gasteiger partial charge is 1.00 e. The van der Waals surface area contributed by atoms with Gasteiger partial charge < -0.3 is 11.2 Å². The maximum absolute atomic E-state index is 9.86. The first-order valence-corrected chi connectivity index (χ1v) is 3.79. The number of hydrogen-bond donors (Lipinski definition) is 2. The molecule has 0 spiro atoms. The summed E-state index contributed by atoms with van der Waals surface area (Å²) >= 11 is 0. The van der Waals surface area contributed by atoms with Gasteiger partial charge in [-0.2, -0.15) is 0 Å². The summed E-state index contributed by atoms with van der Waals surface area (Å²) in [7, 11) is -4.18. The Bertz CT molecular complexity index is 105. The molecule has 0 aliphatic carbocycles. The average Bonchev–Trinajstić information content (AvgIpc) is 1.59. The molecule has 0 radical (unpaired) electrons. The van der Waals surface area contributed by atoms with Crippen molar-refractivity contribution in [1.82, 2.24) is 0 Å². The molecular formula is C3H10KO4P. The molecule has 2 N–H and O–H groups in total. The molecule has 4 nitrogen and oxygen atoms in total. The molecule has 0 saturated carbocycles. The van der Waals surface area contributed by atoms with Crippen LogP contribution in [0.3, 0.4) is 0 Å². The van der Waals surface area contributed by atoms with Crippen LogP contribution >= 0.6 is 7.82 Å². The summed E-state index contributed by atoms with van der Waals surface area (Å²) in [6.07, 6.45) is 0.616. The molecule has 9 heavy (non-hydrogen) atoms. The summed E-state index contributed by atoms with van der Waals surface area (Å²) in [4.78, 5) is 16.1. The zero-order valence-electron chi connectivity index (χ0n) is 6.57. The Morgan fingerprint density at radius 3 is 2.22 bits per heavy atom. The van der Waals surface area contributed by atoms with Crippen molar-refractivity contribution in [2.24, 2.45) is 0 Å². The van der Waals surface area contributed by atoms with Gasteiger partial charge in [0.25, 0.3) is 0 Å². The van der Waals surface area contributed by atoms with Gasteiger partial charge in [0.1, 0.15) is 0 Å². The quantitative estimate of drug-likeness (QED) is 0.376. The fourth-order valence-electron chi connectivity index (χ4n) is 0.210. The molecule has 0 aromatic carbocycles. The van der Waals surface area contributed by atoms with Gasteiger partial charge in [-0.25, -0.2) is 4.57 Å². The van der Waals surface area contributed by atoms with Crippen LogP contribution in [0.1, 0.15) is 14.8 Å². The zero-order chi connectivity index (χ0) is 6.62. The van der Waals surface area contributed by atoms with Gasteiger partial charge in [-0.05, 0) is 6.42 Å². The van der Waals surface area contributed by atoms with Crippen LogP contribution in [0.25, 0.3) is 0 Å². The minimum absolute atomic E-state index is 0. The molecule has 0 aliphatic rings. The van der Waals surface area contributed by atoms with Crippen LogP contribution in [0.5, 0.6) is 0 Å². The number of hydrogen-bond acceptors (Lipinski definition) is 2. The van der Waals surface area contributed by atoms with Crippen LogP contribution in [-0.2, 0) is 9.09 Å². The van der Waals surface area contributed by atoms with Gasteiger partial charge in [-0.1, -0.05) is 6.92 Å². The maximum atomic E-state index is 9.86. The van der Waals surface area contributed by atoms with Crippen molar-refractivity contribution in [1.29, 1.82) is 0 Å². The van der Waals surface area contributed by atoms with E-state index in [2.05, 4.69) is 4.52 Å². The van der Waals surface area contributed by atoms with Gasteiger partial charge in [0, 0.05) is 0 Å². The minimum Gasteiger partial charge on any atom is -1.00 e. The molecule has 0 fully saturated rings. The Labute approximate surface area is 98.1 Å². The summed E-state index contributed by atoms with van der Waals surface area (Å²) in [6.45, 7) is 1.89. The smallest absolute Gasteiger partial charge is 1.00 e. The topological polar surface area (TPSA) is 66.8 Å². The second kappa shape index (κ2) is 6.46. The molecule has 6 heteroatoms. The third kappa shape index (κ3) is 12.8. The fourth-order valence-corrected chi connectivity index (χ4v) is 0.631. The van der Waals surface area contributed by atoms with E-state index in [0.717, 1.165) is 0 Å². The number of rotatable bonds is 3. The average molecular weight is 180 g/mol. The van der Waals surface area contributed by atoms with Crippen molar-refractivity contribution in [3.8, 4) is 0 Å². The van der Waals surface area contributed by atoms with E-state index in [0.29, 0.717) is 6.42 Å². The molecule has 0 atom stereocenters. The van der Waals surface area contributed by atoms with Crippen LogP contribution in [0.2, 0.25) is 0 Å². The fraction of sp³-hybridized carbons (Fsp3) is 1.00. The van der Waals surface area contributed by atoms with Gasteiger partial charge >= 0.3 is 59.2 Å². The predicted molar refractivity (Wildman–Crippen MR) is 29.4 cm³/mol. The van der Waals surface area contributed by atoms with E-state index >= 15 is 0 Å². The van der Waals surface area contributed by atoms with E-state index < -0.39 is 7.82 Å². The first kappa shape index (κ1) is 13.3. The molecule has 0 rings (SSSR count). The predicted octanol–water partition coefficient (Wildman–Crippen LogP) is -2.38. The van der Waals surface area contributed by atoms with Crippen LogP contribution < -0.4 is 51.4 Å². The van der Waals surface area contributed by atoms with Crippen molar-refractivity contribution >= 4 is 7.82 Å². The van der Waals surface area contributed by atoms with Gasteiger partial charge in [0.05, 0.1) is 6.61 Å². The molecule has 0 saturated heterocycles. The zero-order valence-corrected chi connectivity index (χ0v) is 9.59. The maximum Gasteiger partial charge on any atom is 1.00 e. The Morgan fingerprint density at radius 1 is 1.67 bits per heavy atom. The van der Waals surface area contributed by atoms with Crippen LogP contribution in [0.4, 0.5) is 0 Å². The van der Waals surface area contributed by atoms with Gasteiger partial charge in [-0.3, -0.25) is 4.52 Å². The number of phosphoric ester groups is 1. The Balaban J connectivity index is -0.000000245. The molecule has 0 aliphatic heterocycles. The van der Waals surface area contributed by atoms with E-state index in [9.17, 15) is 4.57 Å². The first-order valence-electron chi connectivity index (χ1n) is 2.26. The Kier molecular flexibility index (Phi) is 9.57. The van der Waals surface area contributed by atoms with Crippen molar-refractivity contribution in [2.75, 3.05) is 6.61 Å². The molecule has 0 heterocycles. The Morgan fingerprint density at radius 2 is 2.11 bits per heavy atom. The van der Waals surface area contributed by atoms with Crippen LogP contribution in [0.15, 0.2) is 0 Å². The summed E-state index contributed by atoms with van der Waals surface area (Å²) in [5.41, 5.74) is 0. The molecule has 0 aromatic heterocycles. The molecule has 0 aromatic rings. The molecule has 0 amide bonds. The van der Waals surface area contributed by atoms with Crippen molar-refractivity contribution in [3.63, 3.8) is 0 Å². The van der Waals surface area contributed by atoms with Gasteiger partial charge in [0.15, 0.2) is 0 Å². The third-order valence-electron chi connectivity index (χ3n) is 0.464. The van der Waals surface area contributed by atoms with E-state index in [1.807, 2.05) is 0 Å². The van der Waals surface area contributed by atoms with Gasteiger partial charge in [-0.15, -0.1) is 0 Å². The van der Waals surface area contributed by atoms with E-state index in [4.69, 9.17) is 9.79 Å². The standard InChI is InChI=1S/C3H9O4P.K.H/c1-2-3-7-8(4,5)6;;/h2-3H2,1H3,(H2,4,5,6);;/q;+1;-1. The molecule has 0 unspecified atom stereocenters. The van der Waals surface area contributed by atoms with E-state index in [1.54, 1.807) is 6.92 Å². The summed E-state index contributed by atoms with van der Waals surface area (Å²) in [6, 6.07) is 0. The summed E-state index contributed by atoms with van der Waals surface area (Å²) in [5.74, 6) is 0. The molecule has 52 valence electrons. The summed E-state index contributed by atoms with van der Waals surface area (Å²) < 4.78 is 13.9. The van der Waals surface area contributed by atoms with E-state index in [-0.39, 0.29) is 59.4 Å². The van der Waals surface area contributed by atoms with Crippen LogP contribution in [-0.4, -0.2) is 16.4 Å². The SMILES string of the molecule is CCCOP(=O)(O)O.[H-].[K+]. The van der Waals surface area contributed by atoms with Crippen molar-refractivity contribution < 1.29 is 71.7 Å². The van der Waals surface area contributed by atoms with Crippen molar-refractivity contribution in [3.05, 3.63) is 0 Å². The second-order valence-electron chi connectivity index (χ2n) is 1.32. The molecular weight excluding hydrogens is 170 g/mol. The van der Waals surface area contributed by atoms with Crippen LogP contribution in [0, 0.1) is 0 Å². The first-order chi connectivity index (χ1) is 3.56. The second-order valence-corrected chi connectivity index (χ2v) is 2.56. The molecule has 0 bridgehead atoms. The monoisotopic (exact) mass is 180 g/mol. The third-order valence-corrected chi connectivity index (χ3v) is 0.983. The van der Waals surface area contributed by atoms with E-state index in [1.165, 1.54) is 0 Å². The summed E-state index contributed by atoms with van der Waals surface area (Å²) in [5, 5.41) is 0. The van der Waals surface area contributed by atoms with Crippen molar-refractivity contribution in [2.45, 2.75) is 13.3 Å². The number of phosphoric acid groups is 1. The Hall–Kier alpha value is 1.75. The minimum atomic E-state index is -4.18.